The molecule has 0 atom stereocenters. The molecule has 0 saturated heterocycles. The summed E-state index contributed by atoms with van der Waals surface area (Å²) >= 11 is 0. The van der Waals surface area contributed by atoms with Crippen LogP contribution in [0.15, 0.2) is 48.7 Å². The number of halogens is 6. The van der Waals surface area contributed by atoms with Gasteiger partial charge in [0.05, 0.1) is 24.5 Å². The van der Waals surface area contributed by atoms with Gasteiger partial charge in [0.15, 0.2) is 0 Å². The number of methoxy groups -OCH3 is 1. The minimum Gasteiger partial charge on any atom is -0.504 e. The van der Waals surface area contributed by atoms with Gasteiger partial charge in [-0.05, 0) is 53.5 Å². The molecule has 29 heavy (non-hydrogen) atoms. The zero-order chi connectivity index (χ0) is 21.2. The zero-order valence-electron chi connectivity index (χ0n) is 15.1. The quantitative estimate of drug-likeness (QED) is 0.296. The normalized spacial score (nSPS) is 14.9. The van der Waals surface area contributed by atoms with E-state index in [4.69, 9.17) is 4.74 Å². The maximum atomic E-state index is 13.0. The summed E-state index contributed by atoms with van der Waals surface area (Å²) in [5.41, 5.74) is -0.0174. The van der Waals surface area contributed by atoms with Crippen LogP contribution >= 0.6 is 0 Å². The van der Waals surface area contributed by atoms with Crippen LogP contribution in [0.1, 0.15) is 39.8 Å². The molecule has 0 spiro atoms. The van der Waals surface area contributed by atoms with Gasteiger partial charge in [0, 0.05) is 11.1 Å². The van der Waals surface area contributed by atoms with E-state index >= 15 is 0 Å². The Kier molecular flexibility index (Phi) is 5.47. The molecule has 0 radical (unpaired) electrons. The van der Waals surface area contributed by atoms with Crippen molar-refractivity contribution in [1.29, 1.82) is 0 Å². The number of rotatable bonds is 1. The van der Waals surface area contributed by atoms with E-state index in [0.717, 1.165) is 16.7 Å². The first-order valence-electron chi connectivity index (χ1n) is 8.42. The number of allylic oxidation sites excluding steroid dienone is 2. The van der Waals surface area contributed by atoms with Gasteiger partial charge < -0.3 is 4.74 Å². The molecule has 0 heterocycles. The van der Waals surface area contributed by atoms with Gasteiger partial charge in [-0.25, -0.2) is 0 Å². The number of hydrogen-bond donors (Lipinski definition) is 0. The van der Waals surface area contributed by atoms with Gasteiger partial charge in [-0.1, -0.05) is 30.1 Å². The van der Waals surface area contributed by atoms with Crippen LogP contribution in [0.25, 0.3) is 11.6 Å². The van der Waals surface area contributed by atoms with Crippen molar-refractivity contribution in [1.82, 2.24) is 0 Å². The molecule has 0 aliphatic heterocycles. The number of ether oxygens (including phenoxy) is 1. The predicted octanol–water partition coefficient (Wildman–Crippen LogP) is 6.53. The Bertz CT molecular complexity index is 1010. The van der Waals surface area contributed by atoms with Gasteiger partial charge in [-0.3, -0.25) is 0 Å². The number of fused-ring (bicyclic) bond motifs is 1. The lowest BCUT2D eigenvalue weighted by atomic mass is 9.91. The third kappa shape index (κ3) is 4.83. The lowest BCUT2D eigenvalue weighted by Gasteiger charge is -2.14. The Balaban J connectivity index is 2.03. The topological polar surface area (TPSA) is 9.23 Å². The monoisotopic (exact) mass is 408 g/mol. The SMILES string of the molecule is COC=C1CC=Cc2ccc(C#Cc3cc(C(F)(F)F)cc(C(F)(F)F)c3)cc21. The fourth-order valence-electron chi connectivity index (χ4n) is 2.91. The van der Waals surface area contributed by atoms with Crippen LogP contribution < -0.4 is 0 Å². The third-order valence-corrected chi connectivity index (χ3v) is 4.23. The maximum absolute atomic E-state index is 13.0. The van der Waals surface area contributed by atoms with Crippen LogP contribution in [0.3, 0.4) is 0 Å². The van der Waals surface area contributed by atoms with Crippen LogP contribution in [-0.4, -0.2) is 7.11 Å². The molecule has 0 saturated carbocycles. The van der Waals surface area contributed by atoms with Gasteiger partial charge in [-0.2, -0.15) is 26.3 Å². The lowest BCUT2D eigenvalue weighted by Crippen LogP contribution is -2.11. The molecule has 0 bridgehead atoms. The molecule has 0 unspecified atom stereocenters. The highest BCUT2D eigenvalue weighted by atomic mass is 19.4. The highest BCUT2D eigenvalue weighted by Gasteiger charge is 2.36. The molecule has 1 aliphatic carbocycles. The molecule has 1 aliphatic rings. The van der Waals surface area contributed by atoms with Gasteiger partial charge in [-0.15, -0.1) is 0 Å². The summed E-state index contributed by atoms with van der Waals surface area (Å²) in [4.78, 5) is 0. The summed E-state index contributed by atoms with van der Waals surface area (Å²) in [5, 5.41) is 0. The van der Waals surface area contributed by atoms with E-state index in [1.807, 2.05) is 12.2 Å². The molecule has 1 nitrogen and oxygen atoms in total. The van der Waals surface area contributed by atoms with Gasteiger partial charge >= 0.3 is 12.4 Å². The Morgan fingerprint density at radius 1 is 0.862 bits per heavy atom. The van der Waals surface area contributed by atoms with Crippen LogP contribution in [0.5, 0.6) is 0 Å². The Hall–Kier alpha value is -3.14. The molecule has 0 aromatic heterocycles. The lowest BCUT2D eigenvalue weighted by molar-refractivity contribution is -0.143. The molecule has 2 aromatic rings. The van der Waals surface area contributed by atoms with E-state index in [9.17, 15) is 26.3 Å². The van der Waals surface area contributed by atoms with Crippen molar-refractivity contribution in [3.05, 3.63) is 82.1 Å². The van der Waals surface area contributed by atoms with Crippen LogP contribution in [-0.2, 0) is 17.1 Å². The molecular formula is C22H14F6O. The summed E-state index contributed by atoms with van der Waals surface area (Å²) in [7, 11) is 1.51. The number of hydrogen-bond acceptors (Lipinski definition) is 1. The van der Waals surface area contributed by atoms with E-state index in [1.165, 1.54) is 7.11 Å². The van der Waals surface area contributed by atoms with E-state index in [2.05, 4.69) is 11.8 Å². The second kappa shape index (κ2) is 7.70. The molecule has 2 aromatic carbocycles. The first-order valence-corrected chi connectivity index (χ1v) is 8.42. The largest absolute Gasteiger partial charge is 0.504 e. The van der Waals surface area contributed by atoms with E-state index < -0.39 is 23.5 Å². The van der Waals surface area contributed by atoms with Crippen molar-refractivity contribution >= 4 is 11.6 Å². The molecule has 7 heteroatoms. The summed E-state index contributed by atoms with van der Waals surface area (Å²) < 4.78 is 82.8. The van der Waals surface area contributed by atoms with Crippen molar-refractivity contribution in [2.75, 3.05) is 7.11 Å². The fourth-order valence-corrected chi connectivity index (χ4v) is 2.91. The molecule has 150 valence electrons. The van der Waals surface area contributed by atoms with Crippen LogP contribution in [0.4, 0.5) is 26.3 Å². The Labute approximate surface area is 163 Å². The smallest absolute Gasteiger partial charge is 0.416 e. The van der Waals surface area contributed by atoms with Crippen LogP contribution in [0, 0.1) is 11.8 Å². The Morgan fingerprint density at radius 3 is 2.07 bits per heavy atom. The summed E-state index contributed by atoms with van der Waals surface area (Å²) in [5.74, 6) is 5.08. The standard InChI is InChI=1S/C22H14F6O/c1-29-13-17-4-2-3-16-8-7-14(11-20(16)17)5-6-15-9-18(21(23,24)25)12-19(10-15)22(26,27)28/h2-3,7-13H,4H2,1H3. The summed E-state index contributed by atoms with van der Waals surface area (Å²) in [6, 6.07) is 6.47. The molecular weight excluding hydrogens is 394 g/mol. The van der Waals surface area contributed by atoms with E-state index in [1.54, 1.807) is 24.5 Å². The van der Waals surface area contributed by atoms with E-state index in [0.29, 0.717) is 24.1 Å². The number of alkyl halides is 6. The van der Waals surface area contributed by atoms with Crippen molar-refractivity contribution in [3.63, 3.8) is 0 Å². The third-order valence-electron chi connectivity index (χ3n) is 4.23. The summed E-state index contributed by atoms with van der Waals surface area (Å²) in [6.45, 7) is 0. The van der Waals surface area contributed by atoms with Gasteiger partial charge in [0.1, 0.15) is 0 Å². The highest BCUT2D eigenvalue weighted by molar-refractivity contribution is 5.79. The highest BCUT2D eigenvalue weighted by Crippen LogP contribution is 2.36. The molecule has 0 N–H and O–H groups in total. The van der Waals surface area contributed by atoms with Crippen LogP contribution in [0.2, 0.25) is 0 Å². The molecule has 0 fully saturated rings. The van der Waals surface area contributed by atoms with Gasteiger partial charge in [0.2, 0.25) is 0 Å². The maximum Gasteiger partial charge on any atom is 0.416 e. The predicted molar refractivity (Wildman–Crippen MR) is 97.5 cm³/mol. The second-order valence-corrected chi connectivity index (χ2v) is 6.33. The van der Waals surface area contributed by atoms with E-state index in [-0.39, 0.29) is 11.6 Å². The molecule has 3 rings (SSSR count). The average Bonchev–Trinajstić information content (AvgIpc) is 2.65. The first kappa shape index (κ1) is 20.6. The van der Waals surface area contributed by atoms with Crippen molar-refractivity contribution in [2.45, 2.75) is 18.8 Å². The zero-order valence-corrected chi connectivity index (χ0v) is 15.1. The first-order chi connectivity index (χ1) is 13.6. The minimum absolute atomic E-state index is 0.0816. The number of benzene rings is 2. The average molecular weight is 408 g/mol. The molecule has 0 amide bonds. The van der Waals surface area contributed by atoms with Crippen molar-refractivity contribution in [3.8, 4) is 11.8 Å². The summed E-state index contributed by atoms with van der Waals surface area (Å²) in [6.07, 6.45) is -3.71. The second-order valence-electron chi connectivity index (χ2n) is 6.33. The van der Waals surface area contributed by atoms with Crippen molar-refractivity contribution < 1.29 is 31.1 Å². The van der Waals surface area contributed by atoms with Crippen molar-refractivity contribution in [2.24, 2.45) is 0 Å². The van der Waals surface area contributed by atoms with Gasteiger partial charge in [0.25, 0.3) is 0 Å². The fraction of sp³-hybridized carbons (Fsp3) is 0.182. The Morgan fingerprint density at radius 2 is 1.48 bits per heavy atom. The minimum atomic E-state index is -4.91.